The third kappa shape index (κ3) is 2.36. The van der Waals surface area contributed by atoms with Gasteiger partial charge in [0, 0.05) is 12.1 Å². The predicted molar refractivity (Wildman–Crippen MR) is 78.8 cm³/mol. The Balaban J connectivity index is 2.02. The van der Waals surface area contributed by atoms with Crippen molar-refractivity contribution in [2.45, 2.75) is 10.2 Å². The molecule has 0 radical (unpaired) electrons. The van der Waals surface area contributed by atoms with E-state index in [0.717, 1.165) is 21.2 Å². The number of aromatic nitrogens is 3. The van der Waals surface area contributed by atoms with Gasteiger partial charge in [0.05, 0.1) is 11.0 Å². The van der Waals surface area contributed by atoms with Crippen LogP contribution in [0.2, 0.25) is 5.02 Å². The van der Waals surface area contributed by atoms with Crippen molar-refractivity contribution in [1.82, 2.24) is 14.5 Å². The highest BCUT2D eigenvalue weighted by Crippen LogP contribution is 2.29. The Morgan fingerprint density at radius 3 is 2.90 bits per heavy atom. The molecule has 0 unspecified atom stereocenters. The highest BCUT2D eigenvalue weighted by molar-refractivity contribution is 7.99. The molecule has 2 heterocycles. The number of pyridine rings is 1. The molecular formula is C14H9ClN4S. The monoisotopic (exact) mass is 300 g/mol. The van der Waals surface area contributed by atoms with Crippen molar-refractivity contribution in [2.75, 3.05) is 0 Å². The Labute approximate surface area is 125 Å². The molecule has 0 aliphatic rings. The smallest absolute Gasteiger partial charge is 0.175 e. The Morgan fingerprint density at radius 1 is 1.25 bits per heavy atom. The van der Waals surface area contributed by atoms with E-state index < -0.39 is 0 Å². The first-order chi connectivity index (χ1) is 9.67. The van der Waals surface area contributed by atoms with Crippen LogP contribution in [0.4, 0.5) is 0 Å². The third-order valence-corrected chi connectivity index (χ3v) is 4.06. The van der Waals surface area contributed by atoms with Gasteiger partial charge in [0.25, 0.3) is 0 Å². The largest absolute Gasteiger partial charge is 0.322 e. The molecule has 20 heavy (non-hydrogen) atoms. The summed E-state index contributed by atoms with van der Waals surface area (Å²) < 4.78 is 1.98. The molecule has 1 aromatic carbocycles. The second-order valence-corrected chi connectivity index (χ2v) is 5.59. The molecule has 0 aliphatic carbocycles. The first kappa shape index (κ1) is 13.0. The minimum Gasteiger partial charge on any atom is -0.322 e. The average Bonchev–Trinajstić information content (AvgIpc) is 2.75. The zero-order chi connectivity index (χ0) is 14.1. The lowest BCUT2D eigenvalue weighted by atomic mass is 10.3. The molecule has 0 fully saturated rings. The summed E-state index contributed by atoms with van der Waals surface area (Å²) in [6.07, 6.45) is 0. The third-order valence-electron chi connectivity index (χ3n) is 2.84. The van der Waals surface area contributed by atoms with Crippen LogP contribution in [-0.4, -0.2) is 14.5 Å². The topological polar surface area (TPSA) is 54.5 Å². The summed E-state index contributed by atoms with van der Waals surface area (Å²) in [5, 5.41) is 11.1. The molecule has 0 spiro atoms. The van der Waals surface area contributed by atoms with E-state index in [4.69, 9.17) is 16.9 Å². The highest BCUT2D eigenvalue weighted by atomic mass is 35.5. The van der Waals surface area contributed by atoms with Crippen molar-refractivity contribution < 1.29 is 0 Å². The van der Waals surface area contributed by atoms with Gasteiger partial charge in [-0.3, -0.25) is 0 Å². The van der Waals surface area contributed by atoms with Gasteiger partial charge in [-0.2, -0.15) is 5.26 Å². The number of nitrogens with zero attached hydrogens (tertiary/aromatic N) is 4. The minimum atomic E-state index is 0.400. The minimum absolute atomic E-state index is 0.400. The molecule has 0 aliphatic heterocycles. The summed E-state index contributed by atoms with van der Waals surface area (Å²) in [6.45, 7) is 0. The predicted octanol–water partition coefficient (Wildman–Crippen LogP) is 3.64. The van der Waals surface area contributed by atoms with Crippen molar-refractivity contribution in [2.24, 2.45) is 7.05 Å². The molecular weight excluding hydrogens is 292 g/mol. The molecule has 0 saturated heterocycles. The van der Waals surface area contributed by atoms with E-state index in [1.54, 1.807) is 6.07 Å². The van der Waals surface area contributed by atoms with Crippen LogP contribution >= 0.6 is 23.4 Å². The van der Waals surface area contributed by atoms with Crippen LogP contribution in [0, 0.1) is 11.3 Å². The van der Waals surface area contributed by atoms with Crippen LogP contribution in [0.15, 0.2) is 46.6 Å². The maximum atomic E-state index is 8.87. The molecule has 4 nitrogen and oxygen atoms in total. The second-order valence-electron chi connectivity index (χ2n) is 4.16. The normalized spacial score (nSPS) is 10.7. The first-order valence-electron chi connectivity index (χ1n) is 5.84. The number of benzene rings is 1. The molecule has 0 N–H and O–H groups in total. The van der Waals surface area contributed by atoms with Gasteiger partial charge in [-0.1, -0.05) is 17.7 Å². The standard InChI is InChI=1S/C14H9ClN4S/c1-19-12-6-5-9(15)7-11(12)18-14(19)20-13-4-2-3-10(8-16)17-13/h2-7H,1H3. The summed E-state index contributed by atoms with van der Waals surface area (Å²) in [5.74, 6) is 0. The Hall–Kier alpha value is -2.03. The Bertz CT molecular complexity index is 835. The molecule has 0 bridgehead atoms. The quantitative estimate of drug-likeness (QED) is 0.725. The summed E-state index contributed by atoms with van der Waals surface area (Å²) in [5.41, 5.74) is 2.25. The lowest BCUT2D eigenvalue weighted by Gasteiger charge is -2.01. The van der Waals surface area contributed by atoms with E-state index in [-0.39, 0.29) is 0 Å². The zero-order valence-electron chi connectivity index (χ0n) is 10.5. The van der Waals surface area contributed by atoms with Crippen LogP contribution in [0.3, 0.4) is 0 Å². The highest BCUT2D eigenvalue weighted by Gasteiger charge is 2.10. The fraction of sp³-hybridized carbons (Fsp3) is 0.0714. The molecule has 6 heteroatoms. The van der Waals surface area contributed by atoms with E-state index in [9.17, 15) is 0 Å². The number of rotatable bonds is 2. The van der Waals surface area contributed by atoms with Gasteiger partial charge >= 0.3 is 0 Å². The zero-order valence-corrected chi connectivity index (χ0v) is 12.1. The van der Waals surface area contributed by atoms with Crippen molar-refractivity contribution in [1.29, 1.82) is 5.26 Å². The maximum Gasteiger partial charge on any atom is 0.175 e. The summed E-state index contributed by atoms with van der Waals surface area (Å²) in [7, 11) is 1.94. The van der Waals surface area contributed by atoms with Crippen LogP contribution < -0.4 is 0 Å². The van der Waals surface area contributed by atoms with E-state index >= 15 is 0 Å². The van der Waals surface area contributed by atoms with Crippen molar-refractivity contribution in [3.8, 4) is 6.07 Å². The molecule has 3 rings (SSSR count). The second kappa shape index (κ2) is 5.16. The average molecular weight is 301 g/mol. The summed E-state index contributed by atoms with van der Waals surface area (Å²) in [4.78, 5) is 8.78. The fourth-order valence-corrected chi connectivity index (χ4v) is 2.89. The van der Waals surface area contributed by atoms with Gasteiger partial charge in [0.1, 0.15) is 16.8 Å². The van der Waals surface area contributed by atoms with Crippen molar-refractivity contribution in [3.05, 3.63) is 47.1 Å². The lowest BCUT2D eigenvalue weighted by molar-refractivity contribution is 0.813. The Kier molecular flexibility index (Phi) is 3.35. The number of hydrogen-bond acceptors (Lipinski definition) is 4. The maximum absolute atomic E-state index is 8.87. The van der Waals surface area contributed by atoms with Crippen molar-refractivity contribution in [3.63, 3.8) is 0 Å². The lowest BCUT2D eigenvalue weighted by Crippen LogP contribution is -1.91. The number of fused-ring (bicyclic) bond motifs is 1. The van der Waals surface area contributed by atoms with Gasteiger partial charge in [0.15, 0.2) is 5.16 Å². The summed E-state index contributed by atoms with van der Waals surface area (Å²) in [6, 6.07) is 13.0. The van der Waals surface area contributed by atoms with Gasteiger partial charge in [-0.15, -0.1) is 0 Å². The molecule has 2 aromatic heterocycles. The molecule has 98 valence electrons. The van der Waals surface area contributed by atoms with Gasteiger partial charge < -0.3 is 4.57 Å². The molecule has 0 amide bonds. The van der Waals surface area contributed by atoms with E-state index in [0.29, 0.717) is 10.7 Å². The Morgan fingerprint density at radius 2 is 2.10 bits per heavy atom. The van der Waals surface area contributed by atoms with Crippen LogP contribution in [0.25, 0.3) is 11.0 Å². The first-order valence-corrected chi connectivity index (χ1v) is 7.04. The molecule has 0 saturated carbocycles. The van der Waals surface area contributed by atoms with Gasteiger partial charge in [-0.05, 0) is 42.1 Å². The number of aryl methyl sites for hydroxylation is 1. The SMILES string of the molecule is Cn1c(Sc2cccc(C#N)n2)nc2cc(Cl)ccc21. The van der Waals surface area contributed by atoms with Gasteiger partial charge in [-0.25, -0.2) is 9.97 Å². The van der Waals surface area contributed by atoms with Crippen LogP contribution in [0.5, 0.6) is 0 Å². The van der Waals surface area contributed by atoms with E-state index in [1.165, 1.54) is 11.8 Å². The molecule has 0 atom stereocenters. The molecule has 3 aromatic rings. The van der Waals surface area contributed by atoms with Crippen LogP contribution in [-0.2, 0) is 7.05 Å². The number of hydrogen-bond donors (Lipinski definition) is 0. The summed E-state index contributed by atoms with van der Waals surface area (Å²) >= 11 is 7.40. The van der Waals surface area contributed by atoms with Crippen molar-refractivity contribution >= 4 is 34.4 Å². The number of imidazole rings is 1. The van der Waals surface area contributed by atoms with E-state index in [2.05, 4.69) is 9.97 Å². The number of nitriles is 1. The van der Waals surface area contributed by atoms with Crippen LogP contribution in [0.1, 0.15) is 5.69 Å². The fourth-order valence-electron chi connectivity index (χ4n) is 1.87. The number of halogens is 1. The van der Waals surface area contributed by atoms with Gasteiger partial charge in [0.2, 0.25) is 0 Å². The van der Waals surface area contributed by atoms with E-state index in [1.807, 2.05) is 48.0 Å².